The van der Waals surface area contributed by atoms with Gasteiger partial charge in [0.25, 0.3) is 5.91 Å². The van der Waals surface area contributed by atoms with Crippen molar-refractivity contribution in [2.45, 2.75) is 11.3 Å². The van der Waals surface area contributed by atoms with Crippen molar-refractivity contribution >= 4 is 23.6 Å². The summed E-state index contributed by atoms with van der Waals surface area (Å²) in [4.78, 5) is 23.8. The van der Waals surface area contributed by atoms with Crippen LogP contribution >= 0.6 is 11.8 Å². The lowest BCUT2D eigenvalue weighted by Gasteiger charge is -2.08. The van der Waals surface area contributed by atoms with E-state index < -0.39 is 17.6 Å². The fourth-order valence-electron chi connectivity index (χ4n) is 1.72. The summed E-state index contributed by atoms with van der Waals surface area (Å²) >= 11 is 1.20. The van der Waals surface area contributed by atoms with E-state index in [1.54, 1.807) is 18.2 Å². The number of amides is 2. The van der Waals surface area contributed by atoms with Crippen LogP contribution in [0.1, 0.15) is 16.8 Å². The van der Waals surface area contributed by atoms with Gasteiger partial charge in [-0.05, 0) is 24.3 Å². The zero-order chi connectivity index (χ0) is 16.7. The summed E-state index contributed by atoms with van der Waals surface area (Å²) in [6.45, 7) is 0. The maximum atomic E-state index is 13.4. The minimum atomic E-state index is -0.738. The molecule has 0 aliphatic carbocycles. The molecule has 0 fully saturated rings. The summed E-state index contributed by atoms with van der Waals surface area (Å²) in [7, 11) is 0. The predicted molar refractivity (Wildman–Crippen MR) is 83.7 cm³/mol. The first-order valence-corrected chi connectivity index (χ1v) is 7.77. The van der Waals surface area contributed by atoms with Crippen molar-refractivity contribution in [3.63, 3.8) is 0 Å². The van der Waals surface area contributed by atoms with Crippen molar-refractivity contribution in [3.8, 4) is 0 Å². The summed E-state index contributed by atoms with van der Waals surface area (Å²) in [5.41, 5.74) is 4.18. The summed E-state index contributed by atoms with van der Waals surface area (Å²) in [6, 6.07) is 11.7. The number of hydrogen-bond donors (Lipinski definition) is 2. The Morgan fingerprint density at radius 2 is 1.57 bits per heavy atom. The van der Waals surface area contributed by atoms with Crippen LogP contribution in [0.15, 0.2) is 53.4 Å². The Hall–Kier alpha value is -2.41. The molecule has 120 valence electrons. The van der Waals surface area contributed by atoms with Crippen LogP contribution in [-0.2, 0) is 4.79 Å². The Kier molecular flexibility index (Phi) is 6.10. The molecular weight excluding hydrogens is 322 g/mol. The van der Waals surface area contributed by atoms with Crippen molar-refractivity contribution < 1.29 is 18.4 Å². The molecule has 23 heavy (non-hydrogen) atoms. The molecule has 0 bridgehead atoms. The van der Waals surface area contributed by atoms with Crippen molar-refractivity contribution in [2.24, 2.45) is 0 Å². The molecular formula is C16H14F2N2O2S. The highest BCUT2D eigenvalue weighted by molar-refractivity contribution is 7.99. The number of carbonyl (C=O) groups excluding carboxylic acids is 2. The van der Waals surface area contributed by atoms with Gasteiger partial charge in [-0.3, -0.25) is 20.4 Å². The molecule has 2 amide bonds. The van der Waals surface area contributed by atoms with E-state index in [2.05, 4.69) is 10.9 Å². The van der Waals surface area contributed by atoms with Gasteiger partial charge in [0.2, 0.25) is 5.91 Å². The summed E-state index contributed by atoms with van der Waals surface area (Å²) in [5.74, 6) is -1.85. The molecule has 0 aliphatic heterocycles. The molecule has 2 N–H and O–H groups in total. The zero-order valence-electron chi connectivity index (χ0n) is 12.0. The van der Waals surface area contributed by atoms with E-state index in [0.717, 1.165) is 6.07 Å². The van der Waals surface area contributed by atoms with E-state index in [0.29, 0.717) is 10.6 Å². The first-order chi connectivity index (χ1) is 11.1. The monoisotopic (exact) mass is 336 g/mol. The minimum Gasteiger partial charge on any atom is -0.273 e. The largest absolute Gasteiger partial charge is 0.273 e. The second-order valence-electron chi connectivity index (χ2n) is 4.51. The average molecular weight is 336 g/mol. The van der Waals surface area contributed by atoms with Gasteiger partial charge in [-0.15, -0.1) is 11.8 Å². The topological polar surface area (TPSA) is 58.2 Å². The lowest BCUT2D eigenvalue weighted by molar-refractivity contribution is -0.121. The first kappa shape index (κ1) is 17.0. The minimum absolute atomic E-state index is 0.0799. The lowest BCUT2D eigenvalue weighted by Crippen LogP contribution is -2.42. The van der Waals surface area contributed by atoms with Crippen molar-refractivity contribution in [3.05, 3.63) is 65.7 Å². The van der Waals surface area contributed by atoms with Gasteiger partial charge in [0.15, 0.2) is 0 Å². The van der Waals surface area contributed by atoms with Crippen LogP contribution in [0.5, 0.6) is 0 Å². The molecule has 0 spiro atoms. The summed E-state index contributed by atoms with van der Waals surface area (Å²) in [5, 5.41) is 0. The second kappa shape index (κ2) is 8.28. The number of hydrazine groups is 1. The normalized spacial score (nSPS) is 10.2. The first-order valence-electron chi connectivity index (χ1n) is 6.79. The molecule has 2 aromatic carbocycles. The van der Waals surface area contributed by atoms with E-state index in [1.807, 2.05) is 0 Å². The number of nitrogens with one attached hydrogen (secondary N) is 2. The molecule has 0 unspecified atom stereocenters. The third-order valence-electron chi connectivity index (χ3n) is 2.86. The number of rotatable bonds is 5. The smallest absolute Gasteiger partial charge is 0.272 e. The van der Waals surface area contributed by atoms with Gasteiger partial charge in [-0.1, -0.05) is 24.3 Å². The molecule has 2 rings (SSSR count). The van der Waals surface area contributed by atoms with Crippen LogP contribution in [0.25, 0.3) is 0 Å². The van der Waals surface area contributed by atoms with Crippen LogP contribution in [0, 0.1) is 11.6 Å². The Morgan fingerprint density at radius 3 is 2.26 bits per heavy atom. The third kappa shape index (κ3) is 5.07. The SMILES string of the molecule is O=C(CCSc1ccccc1F)NNC(=O)c1ccccc1F. The highest BCUT2D eigenvalue weighted by atomic mass is 32.2. The average Bonchev–Trinajstić information content (AvgIpc) is 2.55. The fraction of sp³-hybridized carbons (Fsp3) is 0.125. The maximum Gasteiger partial charge on any atom is 0.272 e. The Morgan fingerprint density at radius 1 is 0.913 bits per heavy atom. The molecule has 0 aliphatic rings. The molecule has 0 saturated heterocycles. The van der Waals surface area contributed by atoms with Gasteiger partial charge in [0.05, 0.1) is 5.56 Å². The molecule has 0 aromatic heterocycles. The molecule has 4 nitrogen and oxygen atoms in total. The van der Waals surface area contributed by atoms with Gasteiger partial charge >= 0.3 is 0 Å². The fourth-order valence-corrected chi connectivity index (χ4v) is 2.61. The predicted octanol–water partition coefficient (Wildman–Crippen LogP) is 2.91. The highest BCUT2D eigenvalue weighted by Crippen LogP contribution is 2.21. The Bertz CT molecular complexity index is 710. The number of hydrogen-bond acceptors (Lipinski definition) is 3. The van der Waals surface area contributed by atoms with E-state index in [9.17, 15) is 18.4 Å². The number of carbonyl (C=O) groups is 2. The molecule has 0 saturated carbocycles. The van der Waals surface area contributed by atoms with Crippen molar-refractivity contribution in [1.82, 2.24) is 10.9 Å². The van der Waals surface area contributed by atoms with Crippen LogP contribution < -0.4 is 10.9 Å². The molecule has 0 atom stereocenters. The number of thioether (sulfide) groups is 1. The summed E-state index contributed by atoms with van der Waals surface area (Å²) in [6.07, 6.45) is 0.0799. The molecule has 0 heterocycles. The van der Waals surface area contributed by atoms with E-state index in [1.165, 1.54) is 36.0 Å². The molecule has 7 heteroatoms. The maximum absolute atomic E-state index is 13.4. The Balaban J connectivity index is 1.74. The summed E-state index contributed by atoms with van der Waals surface area (Å²) < 4.78 is 26.8. The second-order valence-corrected chi connectivity index (χ2v) is 5.65. The van der Waals surface area contributed by atoms with E-state index in [-0.39, 0.29) is 17.8 Å². The van der Waals surface area contributed by atoms with Crippen molar-refractivity contribution in [1.29, 1.82) is 0 Å². The van der Waals surface area contributed by atoms with Gasteiger partial charge < -0.3 is 0 Å². The zero-order valence-corrected chi connectivity index (χ0v) is 12.8. The van der Waals surface area contributed by atoms with Crippen LogP contribution in [0.2, 0.25) is 0 Å². The number of halogens is 2. The van der Waals surface area contributed by atoms with Crippen LogP contribution in [-0.4, -0.2) is 17.6 Å². The van der Waals surface area contributed by atoms with Gasteiger partial charge in [0.1, 0.15) is 11.6 Å². The quantitative estimate of drug-likeness (QED) is 0.652. The number of benzene rings is 2. The lowest BCUT2D eigenvalue weighted by atomic mass is 10.2. The van der Waals surface area contributed by atoms with Gasteiger partial charge in [-0.25, -0.2) is 8.78 Å². The van der Waals surface area contributed by atoms with Gasteiger partial charge in [-0.2, -0.15) is 0 Å². The van der Waals surface area contributed by atoms with Crippen LogP contribution in [0.3, 0.4) is 0 Å². The van der Waals surface area contributed by atoms with E-state index in [4.69, 9.17) is 0 Å². The van der Waals surface area contributed by atoms with Gasteiger partial charge in [0, 0.05) is 17.1 Å². The standard InChI is InChI=1S/C16H14F2N2O2S/c17-12-6-2-1-5-11(12)16(22)20-19-15(21)9-10-23-14-8-4-3-7-13(14)18/h1-8H,9-10H2,(H,19,21)(H,20,22). The molecule has 0 radical (unpaired) electrons. The van der Waals surface area contributed by atoms with E-state index >= 15 is 0 Å². The van der Waals surface area contributed by atoms with Crippen molar-refractivity contribution in [2.75, 3.05) is 5.75 Å². The molecule has 2 aromatic rings. The van der Waals surface area contributed by atoms with Crippen LogP contribution in [0.4, 0.5) is 8.78 Å². The Labute approximate surface area is 136 Å². The highest BCUT2D eigenvalue weighted by Gasteiger charge is 2.11. The third-order valence-corrected chi connectivity index (χ3v) is 3.91.